The maximum atomic E-state index is 12.1. The van der Waals surface area contributed by atoms with Crippen LogP contribution in [0.3, 0.4) is 0 Å². The summed E-state index contributed by atoms with van der Waals surface area (Å²) in [6.45, 7) is 5.63. The van der Waals surface area contributed by atoms with Crippen LogP contribution in [0, 0.1) is 0 Å². The summed E-state index contributed by atoms with van der Waals surface area (Å²) in [4.78, 5) is 13.0. The number of hydrazone groups is 1. The molecule has 20 heavy (non-hydrogen) atoms. The highest BCUT2D eigenvalue weighted by molar-refractivity contribution is 7.11. The summed E-state index contributed by atoms with van der Waals surface area (Å²) in [5.74, 6) is 5.80. The molecular weight excluding hydrogens is 276 g/mol. The third kappa shape index (κ3) is 3.02. The summed E-state index contributed by atoms with van der Waals surface area (Å²) >= 11 is 1.55. The maximum Gasteiger partial charge on any atom is 0.295 e. The fourth-order valence-electron chi connectivity index (χ4n) is 1.46. The van der Waals surface area contributed by atoms with Crippen molar-refractivity contribution in [2.45, 2.75) is 26.2 Å². The summed E-state index contributed by atoms with van der Waals surface area (Å²) < 4.78 is 0.916. The van der Waals surface area contributed by atoms with Gasteiger partial charge in [-0.05, 0) is 11.4 Å². The zero-order chi connectivity index (χ0) is 14.8. The largest absolute Gasteiger partial charge is 0.333 e. The van der Waals surface area contributed by atoms with Gasteiger partial charge in [0.05, 0.1) is 6.21 Å². The van der Waals surface area contributed by atoms with Gasteiger partial charge in [-0.2, -0.15) is 9.78 Å². The van der Waals surface area contributed by atoms with Crippen LogP contribution in [-0.2, 0) is 5.41 Å². The second-order valence-electron chi connectivity index (χ2n) is 5.18. The molecule has 8 heteroatoms. The van der Waals surface area contributed by atoms with Crippen LogP contribution in [0.4, 0.5) is 5.95 Å². The van der Waals surface area contributed by atoms with Crippen molar-refractivity contribution in [2.75, 3.05) is 11.3 Å². The average molecular weight is 292 g/mol. The summed E-state index contributed by atoms with van der Waals surface area (Å²) in [7, 11) is 0. The van der Waals surface area contributed by atoms with Crippen LogP contribution in [-0.4, -0.2) is 21.1 Å². The van der Waals surface area contributed by atoms with Crippen molar-refractivity contribution in [2.24, 2.45) is 5.10 Å². The molecule has 2 rings (SSSR count). The standard InChI is InChI=1S/C12H16N6OS/c1-12(2,3)9-10(19)18(13)11(17-15-9)16-14-7-8-5-4-6-20-8/h4-7H,13H2,1-3H3,(H,16,17). The lowest BCUT2D eigenvalue weighted by Gasteiger charge is -2.16. The van der Waals surface area contributed by atoms with Crippen molar-refractivity contribution in [1.82, 2.24) is 14.9 Å². The molecule has 0 atom stereocenters. The van der Waals surface area contributed by atoms with Gasteiger partial charge in [-0.3, -0.25) is 4.79 Å². The molecule has 7 nitrogen and oxygen atoms in total. The summed E-state index contributed by atoms with van der Waals surface area (Å²) in [5, 5.41) is 13.7. The zero-order valence-corrected chi connectivity index (χ0v) is 12.3. The minimum absolute atomic E-state index is 0.0933. The van der Waals surface area contributed by atoms with E-state index in [1.165, 1.54) is 0 Å². The Hall–Kier alpha value is -2.22. The van der Waals surface area contributed by atoms with E-state index in [0.29, 0.717) is 5.69 Å². The summed E-state index contributed by atoms with van der Waals surface area (Å²) in [6, 6.07) is 3.84. The van der Waals surface area contributed by atoms with Gasteiger partial charge in [0.1, 0.15) is 5.69 Å². The van der Waals surface area contributed by atoms with Gasteiger partial charge in [0, 0.05) is 10.3 Å². The molecule has 0 aliphatic rings. The maximum absolute atomic E-state index is 12.1. The van der Waals surface area contributed by atoms with Crippen molar-refractivity contribution < 1.29 is 0 Å². The molecule has 0 aromatic carbocycles. The smallest absolute Gasteiger partial charge is 0.295 e. The van der Waals surface area contributed by atoms with Crippen molar-refractivity contribution in [3.63, 3.8) is 0 Å². The highest BCUT2D eigenvalue weighted by Crippen LogP contribution is 2.15. The molecule has 0 unspecified atom stereocenters. The highest BCUT2D eigenvalue weighted by atomic mass is 32.1. The van der Waals surface area contributed by atoms with Crippen molar-refractivity contribution in [1.29, 1.82) is 0 Å². The lowest BCUT2D eigenvalue weighted by atomic mass is 9.93. The Morgan fingerprint density at radius 3 is 2.80 bits per heavy atom. The van der Waals surface area contributed by atoms with Gasteiger partial charge in [0.25, 0.3) is 11.5 Å². The number of nitrogens with two attached hydrogens (primary N) is 1. The molecule has 0 fully saturated rings. The van der Waals surface area contributed by atoms with Gasteiger partial charge in [0.15, 0.2) is 0 Å². The fraction of sp³-hybridized carbons (Fsp3) is 0.333. The van der Waals surface area contributed by atoms with Gasteiger partial charge >= 0.3 is 0 Å². The average Bonchev–Trinajstić information content (AvgIpc) is 2.86. The lowest BCUT2D eigenvalue weighted by Crippen LogP contribution is -2.38. The van der Waals surface area contributed by atoms with E-state index in [1.54, 1.807) is 17.6 Å². The van der Waals surface area contributed by atoms with E-state index in [1.807, 2.05) is 38.3 Å². The molecule has 0 amide bonds. The Labute approximate surface area is 120 Å². The van der Waals surface area contributed by atoms with Crippen molar-refractivity contribution in [3.8, 4) is 0 Å². The molecule has 0 radical (unpaired) electrons. The van der Waals surface area contributed by atoms with Gasteiger partial charge in [-0.1, -0.05) is 26.8 Å². The Bertz CT molecular complexity index is 668. The van der Waals surface area contributed by atoms with E-state index in [2.05, 4.69) is 20.7 Å². The number of anilines is 1. The van der Waals surface area contributed by atoms with E-state index >= 15 is 0 Å². The lowest BCUT2D eigenvalue weighted by molar-refractivity contribution is 0.538. The van der Waals surface area contributed by atoms with Crippen LogP contribution < -0.4 is 16.8 Å². The number of nitrogens with zero attached hydrogens (tertiary/aromatic N) is 4. The zero-order valence-electron chi connectivity index (χ0n) is 11.5. The van der Waals surface area contributed by atoms with Crippen LogP contribution >= 0.6 is 11.3 Å². The van der Waals surface area contributed by atoms with Crippen molar-refractivity contribution in [3.05, 3.63) is 38.4 Å². The van der Waals surface area contributed by atoms with E-state index in [-0.39, 0.29) is 11.5 Å². The van der Waals surface area contributed by atoms with Crippen LogP contribution in [0.1, 0.15) is 31.3 Å². The Balaban J connectivity index is 2.22. The molecule has 2 heterocycles. The number of rotatable bonds is 3. The van der Waals surface area contributed by atoms with Crippen molar-refractivity contribution >= 4 is 23.5 Å². The molecule has 0 saturated carbocycles. The predicted octanol–water partition coefficient (Wildman–Crippen LogP) is 1.16. The number of aromatic nitrogens is 3. The number of thiophene rings is 1. The normalized spacial score (nSPS) is 11.9. The van der Waals surface area contributed by atoms with E-state index in [4.69, 9.17) is 5.84 Å². The third-order valence-corrected chi connectivity index (χ3v) is 3.31. The van der Waals surface area contributed by atoms with E-state index in [0.717, 1.165) is 9.55 Å². The minimum atomic E-state index is -0.413. The van der Waals surface area contributed by atoms with Crippen LogP contribution in [0.5, 0.6) is 0 Å². The first-order valence-corrected chi connectivity index (χ1v) is 6.85. The predicted molar refractivity (Wildman–Crippen MR) is 80.7 cm³/mol. The number of nitrogen functional groups attached to an aromatic ring is 1. The minimum Gasteiger partial charge on any atom is -0.333 e. The first-order valence-electron chi connectivity index (χ1n) is 5.97. The molecule has 2 aromatic heterocycles. The monoisotopic (exact) mass is 292 g/mol. The molecule has 2 aromatic rings. The van der Waals surface area contributed by atoms with Gasteiger partial charge < -0.3 is 5.84 Å². The second kappa shape index (κ2) is 5.41. The highest BCUT2D eigenvalue weighted by Gasteiger charge is 2.22. The van der Waals surface area contributed by atoms with Gasteiger partial charge in [0.2, 0.25) is 0 Å². The number of hydrogen-bond donors (Lipinski definition) is 2. The van der Waals surface area contributed by atoms with E-state index in [9.17, 15) is 4.79 Å². The SMILES string of the molecule is CC(C)(C)c1nnc(NN=Cc2cccs2)n(N)c1=O. The van der Waals surface area contributed by atoms with Gasteiger partial charge in [-0.25, -0.2) is 5.43 Å². The quantitative estimate of drug-likeness (QED) is 0.502. The third-order valence-electron chi connectivity index (χ3n) is 2.50. The summed E-state index contributed by atoms with van der Waals surface area (Å²) in [6.07, 6.45) is 1.62. The van der Waals surface area contributed by atoms with Gasteiger partial charge in [-0.15, -0.1) is 21.5 Å². The van der Waals surface area contributed by atoms with E-state index < -0.39 is 5.41 Å². The summed E-state index contributed by atoms with van der Waals surface area (Å²) in [5.41, 5.74) is 2.12. The molecule has 0 aliphatic carbocycles. The number of nitrogens with one attached hydrogen (secondary N) is 1. The first kappa shape index (κ1) is 14.2. The first-order chi connectivity index (χ1) is 9.39. The molecule has 0 saturated heterocycles. The fourth-order valence-corrected chi connectivity index (χ4v) is 2.05. The van der Waals surface area contributed by atoms with Crippen LogP contribution in [0.25, 0.3) is 0 Å². The molecule has 3 N–H and O–H groups in total. The molecule has 0 spiro atoms. The Morgan fingerprint density at radius 1 is 1.45 bits per heavy atom. The topological polar surface area (TPSA) is 98.2 Å². The molecule has 106 valence electrons. The molecule has 0 bridgehead atoms. The Kier molecular flexibility index (Phi) is 3.84. The second-order valence-corrected chi connectivity index (χ2v) is 6.16. The molecule has 0 aliphatic heterocycles. The van der Waals surface area contributed by atoms with Crippen LogP contribution in [0.15, 0.2) is 27.4 Å². The van der Waals surface area contributed by atoms with Crippen LogP contribution in [0.2, 0.25) is 0 Å². The Morgan fingerprint density at radius 2 is 2.20 bits per heavy atom. The molecular formula is C12H16N6OS. The number of hydrogen-bond acceptors (Lipinski definition) is 7.